The molecule has 0 nitrogen and oxygen atoms in total. The standard InChI is InChI=1S/C31H42/c1-3-5-6-7-25-10-14-27(15-11-25)29-18-22-31(23-19-29)30-20-16-28(17-21-30)26-12-8-24(4-2)9-13-26/h14,16-26H,3-13,15H2,1-2H3/t24-,25?,26-. The van der Waals surface area contributed by atoms with Gasteiger partial charge in [0.2, 0.25) is 0 Å². The summed E-state index contributed by atoms with van der Waals surface area (Å²) >= 11 is 0. The van der Waals surface area contributed by atoms with Crippen LogP contribution in [0, 0.1) is 11.8 Å². The molecule has 0 spiro atoms. The lowest BCUT2D eigenvalue weighted by atomic mass is 9.77. The monoisotopic (exact) mass is 414 g/mol. The predicted octanol–water partition coefficient (Wildman–Crippen LogP) is 9.80. The summed E-state index contributed by atoms with van der Waals surface area (Å²) in [6.45, 7) is 4.65. The van der Waals surface area contributed by atoms with E-state index in [1.54, 1.807) is 11.1 Å². The largest absolute Gasteiger partial charge is 0.0804 e. The Kier molecular flexibility index (Phi) is 8.06. The summed E-state index contributed by atoms with van der Waals surface area (Å²) in [6.07, 6.45) is 19.0. The highest BCUT2D eigenvalue weighted by Crippen LogP contribution is 2.38. The van der Waals surface area contributed by atoms with E-state index in [1.165, 1.54) is 93.7 Å². The smallest absolute Gasteiger partial charge is 0.0162 e. The molecule has 0 bridgehead atoms. The number of allylic oxidation sites excluding steroid dienone is 2. The Morgan fingerprint density at radius 1 is 0.677 bits per heavy atom. The van der Waals surface area contributed by atoms with Gasteiger partial charge < -0.3 is 0 Å². The highest BCUT2D eigenvalue weighted by molar-refractivity contribution is 5.71. The van der Waals surface area contributed by atoms with Gasteiger partial charge in [-0.1, -0.05) is 101 Å². The molecule has 0 heterocycles. The molecule has 0 N–H and O–H groups in total. The Hall–Kier alpha value is -1.82. The van der Waals surface area contributed by atoms with Crippen molar-refractivity contribution in [3.63, 3.8) is 0 Å². The molecule has 2 aromatic carbocycles. The number of rotatable bonds is 8. The summed E-state index contributed by atoms with van der Waals surface area (Å²) < 4.78 is 0. The number of unbranched alkanes of at least 4 members (excludes halogenated alkanes) is 2. The fourth-order valence-corrected chi connectivity index (χ4v) is 5.82. The highest BCUT2D eigenvalue weighted by atomic mass is 14.3. The zero-order valence-corrected chi connectivity index (χ0v) is 19.9. The van der Waals surface area contributed by atoms with Crippen LogP contribution in [0.4, 0.5) is 0 Å². The zero-order valence-electron chi connectivity index (χ0n) is 19.9. The van der Waals surface area contributed by atoms with E-state index in [1.807, 2.05) is 0 Å². The van der Waals surface area contributed by atoms with E-state index < -0.39 is 0 Å². The molecule has 2 aliphatic carbocycles. The van der Waals surface area contributed by atoms with Crippen LogP contribution < -0.4 is 0 Å². The molecule has 1 saturated carbocycles. The SMILES string of the molecule is CCCCCC1CC=C(c2ccc(-c3ccc([C@H]4CC[C@H](CC)CC4)cc3)cc2)CC1. The average Bonchev–Trinajstić information content (AvgIpc) is 2.85. The maximum atomic E-state index is 2.52. The second-order valence-corrected chi connectivity index (χ2v) is 10.2. The summed E-state index contributed by atoms with van der Waals surface area (Å²) in [5, 5.41) is 0. The molecule has 4 rings (SSSR count). The second kappa shape index (κ2) is 11.2. The van der Waals surface area contributed by atoms with E-state index in [9.17, 15) is 0 Å². The lowest BCUT2D eigenvalue weighted by Crippen LogP contribution is -2.12. The van der Waals surface area contributed by atoms with Crippen LogP contribution in [-0.4, -0.2) is 0 Å². The molecule has 1 unspecified atom stereocenters. The minimum absolute atomic E-state index is 0.781. The van der Waals surface area contributed by atoms with Crippen molar-refractivity contribution in [3.8, 4) is 11.1 Å². The molecule has 0 saturated heterocycles. The van der Waals surface area contributed by atoms with Crippen LogP contribution in [0.2, 0.25) is 0 Å². The van der Waals surface area contributed by atoms with Gasteiger partial charge in [-0.2, -0.15) is 0 Å². The van der Waals surface area contributed by atoms with Crippen molar-refractivity contribution in [2.24, 2.45) is 11.8 Å². The second-order valence-electron chi connectivity index (χ2n) is 10.2. The van der Waals surface area contributed by atoms with Gasteiger partial charge in [0, 0.05) is 0 Å². The lowest BCUT2D eigenvalue weighted by molar-refractivity contribution is 0.319. The van der Waals surface area contributed by atoms with E-state index in [0.29, 0.717) is 0 Å². The summed E-state index contributed by atoms with van der Waals surface area (Å²) in [6, 6.07) is 18.8. The Morgan fingerprint density at radius 2 is 1.32 bits per heavy atom. The Morgan fingerprint density at radius 3 is 1.90 bits per heavy atom. The van der Waals surface area contributed by atoms with Gasteiger partial charge >= 0.3 is 0 Å². The van der Waals surface area contributed by atoms with Crippen molar-refractivity contribution in [2.75, 3.05) is 0 Å². The average molecular weight is 415 g/mol. The molecular formula is C31H42. The fraction of sp³-hybridized carbons (Fsp3) is 0.548. The minimum Gasteiger partial charge on any atom is -0.0804 e. The molecule has 0 heteroatoms. The van der Waals surface area contributed by atoms with Crippen LogP contribution in [0.1, 0.15) is 108 Å². The van der Waals surface area contributed by atoms with Crippen LogP contribution in [0.15, 0.2) is 54.6 Å². The van der Waals surface area contributed by atoms with E-state index in [-0.39, 0.29) is 0 Å². The van der Waals surface area contributed by atoms with E-state index in [4.69, 9.17) is 0 Å². The van der Waals surface area contributed by atoms with Crippen molar-refractivity contribution in [1.82, 2.24) is 0 Å². The van der Waals surface area contributed by atoms with Crippen LogP contribution in [0.3, 0.4) is 0 Å². The third-order valence-corrected chi connectivity index (χ3v) is 8.13. The molecule has 2 aliphatic rings. The van der Waals surface area contributed by atoms with Gasteiger partial charge in [-0.25, -0.2) is 0 Å². The maximum absolute atomic E-state index is 2.52. The molecule has 2 aromatic rings. The van der Waals surface area contributed by atoms with Crippen molar-refractivity contribution in [3.05, 3.63) is 65.7 Å². The van der Waals surface area contributed by atoms with Gasteiger partial charge in [-0.3, -0.25) is 0 Å². The summed E-state index contributed by atoms with van der Waals surface area (Å²) in [7, 11) is 0. The number of benzene rings is 2. The molecule has 1 atom stereocenters. The quantitative estimate of drug-likeness (QED) is 0.377. The van der Waals surface area contributed by atoms with Gasteiger partial charge in [-0.05, 0) is 90.5 Å². The first-order chi connectivity index (χ1) is 15.3. The molecule has 31 heavy (non-hydrogen) atoms. The van der Waals surface area contributed by atoms with Gasteiger partial charge in [0.1, 0.15) is 0 Å². The van der Waals surface area contributed by atoms with E-state index in [0.717, 1.165) is 17.8 Å². The third-order valence-electron chi connectivity index (χ3n) is 8.13. The van der Waals surface area contributed by atoms with Crippen LogP contribution in [0.25, 0.3) is 16.7 Å². The third kappa shape index (κ3) is 5.91. The van der Waals surface area contributed by atoms with Crippen LogP contribution >= 0.6 is 0 Å². The first-order valence-corrected chi connectivity index (χ1v) is 13.2. The van der Waals surface area contributed by atoms with Crippen molar-refractivity contribution in [2.45, 2.75) is 96.8 Å². The Balaban J connectivity index is 1.34. The number of hydrogen-bond donors (Lipinski definition) is 0. The highest BCUT2D eigenvalue weighted by Gasteiger charge is 2.21. The molecular weight excluding hydrogens is 372 g/mol. The first-order valence-electron chi connectivity index (χ1n) is 13.2. The summed E-state index contributed by atoms with van der Waals surface area (Å²) in [5.74, 6) is 2.67. The molecule has 0 radical (unpaired) electrons. The maximum Gasteiger partial charge on any atom is -0.0162 e. The Bertz CT molecular complexity index is 815. The van der Waals surface area contributed by atoms with Crippen molar-refractivity contribution >= 4 is 5.57 Å². The normalized spacial score (nSPS) is 24.1. The first kappa shape index (κ1) is 22.4. The predicted molar refractivity (Wildman–Crippen MR) is 136 cm³/mol. The Labute approximate surface area is 191 Å². The zero-order chi connectivity index (χ0) is 21.5. The molecule has 0 aliphatic heterocycles. The topological polar surface area (TPSA) is 0 Å². The lowest BCUT2D eigenvalue weighted by Gasteiger charge is -2.28. The van der Waals surface area contributed by atoms with Gasteiger partial charge in [0.15, 0.2) is 0 Å². The molecule has 0 aromatic heterocycles. The van der Waals surface area contributed by atoms with Crippen molar-refractivity contribution in [1.29, 1.82) is 0 Å². The fourth-order valence-electron chi connectivity index (χ4n) is 5.82. The molecule has 166 valence electrons. The van der Waals surface area contributed by atoms with Crippen LogP contribution in [0.5, 0.6) is 0 Å². The van der Waals surface area contributed by atoms with Crippen molar-refractivity contribution < 1.29 is 0 Å². The van der Waals surface area contributed by atoms with Gasteiger partial charge in [0.25, 0.3) is 0 Å². The van der Waals surface area contributed by atoms with Gasteiger partial charge in [0.05, 0.1) is 0 Å². The number of hydrogen-bond acceptors (Lipinski definition) is 0. The molecule has 1 fully saturated rings. The summed E-state index contributed by atoms with van der Waals surface area (Å²) in [5.41, 5.74) is 7.25. The minimum atomic E-state index is 0.781. The van der Waals surface area contributed by atoms with E-state index >= 15 is 0 Å². The van der Waals surface area contributed by atoms with Gasteiger partial charge in [-0.15, -0.1) is 0 Å². The molecule has 0 amide bonds. The van der Waals surface area contributed by atoms with E-state index in [2.05, 4.69) is 68.5 Å². The van der Waals surface area contributed by atoms with Crippen LogP contribution in [-0.2, 0) is 0 Å². The summed E-state index contributed by atoms with van der Waals surface area (Å²) in [4.78, 5) is 0.